The largest absolute Gasteiger partial charge is 0.0999 e. The Kier molecular flexibility index (Phi) is 5.74. The summed E-state index contributed by atoms with van der Waals surface area (Å²) in [5, 5.41) is 0. The van der Waals surface area contributed by atoms with Crippen molar-refractivity contribution in [2.24, 2.45) is 40.4 Å². The summed E-state index contributed by atoms with van der Waals surface area (Å²) in [5.41, 5.74) is 2.65. The van der Waals surface area contributed by atoms with Crippen molar-refractivity contribution in [1.29, 1.82) is 0 Å². The number of hydrogen-bond acceptors (Lipinski definition) is 0. The van der Waals surface area contributed by atoms with E-state index in [1.807, 2.05) is 0 Å². The molecular weight excluding hydrogens is 276 g/mol. The average molecular weight is 319 g/mol. The van der Waals surface area contributed by atoms with Crippen molar-refractivity contribution in [3.63, 3.8) is 0 Å². The van der Waals surface area contributed by atoms with Crippen molar-refractivity contribution < 1.29 is 0 Å². The molecule has 0 aromatic carbocycles. The van der Waals surface area contributed by atoms with Crippen LogP contribution in [0.15, 0.2) is 12.2 Å². The summed E-state index contributed by atoms with van der Waals surface area (Å²) in [6, 6.07) is 0. The highest BCUT2D eigenvalue weighted by Gasteiger charge is 2.58. The Morgan fingerprint density at radius 1 is 1.22 bits per heavy atom. The van der Waals surface area contributed by atoms with Gasteiger partial charge in [-0.05, 0) is 79.4 Å². The second-order valence-corrected chi connectivity index (χ2v) is 9.78. The Morgan fingerprint density at radius 2 is 1.83 bits per heavy atom. The SMILES string of the molecule is C=C(C)C(C)C1CC(C)C2(C1)CC(CCC(C)(CC)CC)C2C. The first-order chi connectivity index (χ1) is 10.7. The van der Waals surface area contributed by atoms with E-state index in [0.717, 1.165) is 23.7 Å². The van der Waals surface area contributed by atoms with Gasteiger partial charge in [-0.2, -0.15) is 0 Å². The summed E-state index contributed by atoms with van der Waals surface area (Å²) in [4.78, 5) is 0. The Labute approximate surface area is 146 Å². The Hall–Kier alpha value is -0.260. The summed E-state index contributed by atoms with van der Waals surface area (Å²) >= 11 is 0. The average Bonchev–Trinajstić information content (AvgIpc) is 2.89. The maximum absolute atomic E-state index is 4.23. The van der Waals surface area contributed by atoms with Gasteiger partial charge < -0.3 is 0 Å². The monoisotopic (exact) mass is 318 g/mol. The van der Waals surface area contributed by atoms with E-state index in [-0.39, 0.29) is 0 Å². The van der Waals surface area contributed by atoms with E-state index >= 15 is 0 Å². The third-order valence-corrected chi connectivity index (χ3v) is 8.85. The highest BCUT2D eigenvalue weighted by molar-refractivity contribution is 5.10. The van der Waals surface area contributed by atoms with Crippen LogP contribution in [0.3, 0.4) is 0 Å². The van der Waals surface area contributed by atoms with Crippen LogP contribution in [0.25, 0.3) is 0 Å². The van der Waals surface area contributed by atoms with E-state index in [1.54, 1.807) is 0 Å². The third kappa shape index (κ3) is 3.42. The van der Waals surface area contributed by atoms with Crippen LogP contribution in [0.5, 0.6) is 0 Å². The van der Waals surface area contributed by atoms with Crippen LogP contribution in [-0.4, -0.2) is 0 Å². The third-order valence-electron chi connectivity index (χ3n) is 8.85. The van der Waals surface area contributed by atoms with Gasteiger partial charge in [0.15, 0.2) is 0 Å². The summed E-state index contributed by atoms with van der Waals surface area (Å²) < 4.78 is 0. The molecule has 0 aromatic heterocycles. The molecule has 0 aliphatic heterocycles. The minimum Gasteiger partial charge on any atom is -0.0999 e. The van der Waals surface area contributed by atoms with Gasteiger partial charge in [0.1, 0.15) is 0 Å². The maximum atomic E-state index is 4.23. The van der Waals surface area contributed by atoms with Crippen molar-refractivity contribution in [3.05, 3.63) is 12.2 Å². The van der Waals surface area contributed by atoms with Gasteiger partial charge in [0.05, 0.1) is 0 Å². The lowest BCUT2D eigenvalue weighted by Crippen LogP contribution is -2.48. The first-order valence-electron chi connectivity index (χ1n) is 10.3. The molecule has 0 bridgehead atoms. The molecule has 0 saturated heterocycles. The smallest absolute Gasteiger partial charge is 0.0208 e. The van der Waals surface area contributed by atoms with Crippen molar-refractivity contribution >= 4 is 0 Å². The van der Waals surface area contributed by atoms with Gasteiger partial charge in [0.2, 0.25) is 0 Å². The van der Waals surface area contributed by atoms with Gasteiger partial charge in [0, 0.05) is 0 Å². The molecular formula is C23H42. The predicted octanol–water partition coefficient (Wildman–Crippen LogP) is 7.49. The molecule has 2 fully saturated rings. The van der Waals surface area contributed by atoms with Gasteiger partial charge in [-0.1, -0.05) is 66.5 Å². The Morgan fingerprint density at radius 3 is 2.30 bits per heavy atom. The van der Waals surface area contributed by atoms with E-state index in [2.05, 4.69) is 55.0 Å². The molecule has 23 heavy (non-hydrogen) atoms. The lowest BCUT2D eigenvalue weighted by atomic mass is 9.49. The summed E-state index contributed by atoms with van der Waals surface area (Å²) in [5.74, 6) is 4.46. The molecule has 1 spiro atoms. The molecule has 6 atom stereocenters. The minimum atomic E-state index is 0.584. The molecule has 0 heteroatoms. The van der Waals surface area contributed by atoms with Crippen molar-refractivity contribution in [1.82, 2.24) is 0 Å². The molecule has 2 aliphatic carbocycles. The van der Waals surface area contributed by atoms with Crippen LogP contribution in [0.2, 0.25) is 0 Å². The molecule has 0 nitrogen and oxygen atoms in total. The molecule has 0 radical (unpaired) electrons. The van der Waals surface area contributed by atoms with Crippen LogP contribution in [0.4, 0.5) is 0 Å². The minimum absolute atomic E-state index is 0.584. The van der Waals surface area contributed by atoms with Gasteiger partial charge in [-0.15, -0.1) is 0 Å². The summed E-state index contributed by atoms with van der Waals surface area (Å²) in [7, 11) is 0. The van der Waals surface area contributed by atoms with E-state index < -0.39 is 0 Å². The van der Waals surface area contributed by atoms with Crippen LogP contribution in [0.1, 0.15) is 93.4 Å². The van der Waals surface area contributed by atoms with E-state index in [4.69, 9.17) is 0 Å². The van der Waals surface area contributed by atoms with Gasteiger partial charge in [0.25, 0.3) is 0 Å². The van der Waals surface area contributed by atoms with Crippen LogP contribution in [-0.2, 0) is 0 Å². The maximum Gasteiger partial charge on any atom is -0.0208 e. The number of allylic oxidation sites excluding steroid dienone is 1. The summed E-state index contributed by atoms with van der Waals surface area (Å²) in [6.07, 6.45) is 10.00. The zero-order chi connectivity index (χ0) is 17.4. The Balaban J connectivity index is 1.93. The Bertz CT molecular complexity index is 416. The topological polar surface area (TPSA) is 0 Å². The first-order valence-corrected chi connectivity index (χ1v) is 10.3. The van der Waals surface area contributed by atoms with Crippen molar-refractivity contribution in [3.8, 4) is 0 Å². The van der Waals surface area contributed by atoms with E-state index in [0.29, 0.717) is 16.7 Å². The highest BCUT2D eigenvalue weighted by atomic mass is 14.6. The zero-order valence-electron chi connectivity index (χ0n) is 17.0. The molecule has 2 aliphatic rings. The van der Waals surface area contributed by atoms with Gasteiger partial charge in [-0.3, -0.25) is 0 Å². The quantitative estimate of drug-likeness (QED) is 0.426. The molecule has 2 saturated carbocycles. The van der Waals surface area contributed by atoms with Crippen molar-refractivity contribution in [2.45, 2.75) is 93.4 Å². The second kappa shape index (κ2) is 6.93. The fourth-order valence-electron chi connectivity index (χ4n) is 5.81. The lowest BCUT2D eigenvalue weighted by molar-refractivity contribution is -0.0691. The van der Waals surface area contributed by atoms with Crippen LogP contribution >= 0.6 is 0 Å². The predicted molar refractivity (Wildman–Crippen MR) is 103 cm³/mol. The van der Waals surface area contributed by atoms with Crippen LogP contribution < -0.4 is 0 Å². The molecule has 0 heterocycles. The second-order valence-electron chi connectivity index (χ2n) is 9.78. The van der Waals surface area contributed by atoms with E-state index in [9.17, 15) is 0 Å². The number of rotatable bonds is 7. The summed E-state index contributed by atoms with van der Waals surface area (Å²) in [6.45, 7) is 21.2. The van der Waals surface area contributed by atoms with Crippen molar-refractivity contribution in [2.75, 3.05) is 0 Å². The standard InChI is InChI=1S/C23H42/c1-9-22(8,10-2)12-11-20-14-23(19(20)7)15-21(13-17(23)5)18(6)16(3)4/h17-21H,3,9-15H2,1-2,4-8H3. The molecule has 134 valence electrons. The highest BCUT2D eigenvalue weighted by Crippen LogP contribution is 2.66. The molecule has 0 aromatic rings. The van der Waals surface area contributed by atoms with Gasteiger partial charge >= 0.3 is 0 Å². The first kappa shape index (κ1) is 19.1. The molecule has 0 N–H and O–H groups in total. The fraction of sp³-hybridized carbons (Fsp3) is 0.913. The van der Waals surface area contributed by atoms with Gasteiger partial charge in [-0.25, -0.2) is 0 Å². The zero-order valence-corrected chi connectivity index (χ0v) is 17.0. The molecule has 6 unspecified atom stereocenters. The van der Waals surface area contributed by atoms with E-state index in [1.165, 1.54) is 50.5 Å². The molecule has 2 rings (SSSR count). The fourth-order valence-corrected chi connectivity index (χ4v) is 5.81. The molecule has 0 amide bonds. The normalized spacial score (nSPS) is 38.6. The number of hydrogen-bond donors (Lipinski definition) is 0. The lowest BCUT2D eigenvalue weighted by Gasteiger charge is -2.56. The van der Waals surface area contributed by atoms with Crippen LogP contribution in [0, 0.1) is 40.4 Å².